The van der Waals surface area contributed by atoms with Gasteiger partial charge in [0.25, 0.3) is 0 Å². The summed E-state index contributed by atoms with van der Waals surface area (Å²) in [6.07, 6.45) is -4.29. The number of rotatable bonds is 3. The van der Waals surface area contributed by atoms with Crippen LogP contribution in [0.3, 0.4) is 0 Å². The van der Waals surface area contributed by atoms with Crippen LogP contribution in [0.2, 0.25) is 5.02 Å². The fourth-order valence-electron chi connectivity index (χ4n) is 2.90. The Morgan fingerprint density at radius 1 is 0.963 bits per heavy atom. The van der Waals surface area contributed by atoms with E-state index in [0.29, 0.717) is 16.7 Å². The maximum atomic E-state index is 12.6. The van der Waals surface area contributed by atoms with Gasteiger partial charge in [-0.2, -0.15) is 13.2 Å². The van der Waals surface area contributed by atoms with Gasteiger partial charge in [-0.15, -0.1) is 0 Å². The molecular formula is C19H19ClF3N3S. The summed E-state index contributed by atoms with van der Waals surface area (Å²) in [5, 5.41) is 4.53. The Kier molecular flexibility index (Phi) is 6.24. The molecule has 1 fully saturated rings. The standard InChI is InChI=1S/C19H19ClF3N3S/c20-16-5-7-17(8-6-16)24-18(27)26-11-9-25(10-12-26)13-14-1-3-15(4-2-14)19(21,22)23/h1-8H,9-13H2,(H,24,27). The highest BCUT2D eigenvalue weighted by atomic mass is 35.5. The third-order valence-electron chi connectivity index (χ3n) is 4.44. The lowest BCUT2D eigenvalue weighted by atomic mass is 10.1. The molecule has 1 heterocycles. The average molecular weight is 414 g/mol. The van der Waals surface area contributed by atoms with E-state index in [-0.39, 0.29) is 0 Å². The van der Waals surface area contributed by atoms with Gasteiger partial charge in [-0.25, -0.2) is 0 Å². The van der Waals surface area contributed by atoms with Crippen LogP contribution in [-0.4, -0.2) is 41.1 Å². The predicted octanol–water partition coefficient (Wildman–Crippen LogP) is 4.87. The smallest absolute Gasteiger partial charge is 0.346 e. The molecule has 0 atom stereocenters. The number of hydrogen-bond acceptors (Lipinski definition) is 2. The number of anilines is 1. The predicted molar refractivity (Wildman–Crippen MR) is 106 cm³/mol. The van der Waals surface area contributed by atoms with Crippen LogP contribution in [0.1, 0.15) is 11.1 Å². The molecule has 0 amide bonds. The largest absolute Gasteiger partial charge is 0.416 e. The van der Waals surface area contributed by atoms with Gasteiger partial charge in [-0.05, 0) is 54.2 Å². The molecule has 0 aromatic heterocycles. The van der Waals surface area contributed by atoms with E-state index in [2.05, 4.69) is 15.1 Å². The van der Waals surface area contributed by atoms with Gasteiger partial charge in [-0.1, -0.05) is 23.7 Å². The van der Waals surface area contributed by atoms with Crippen molar-refractivity contribution >= 4 is 34.6 Å². The Balaban J connectivity index is 1.48. The molecule has 2 aromatic rings. The summed E-state index contributed by atoms with van der Waals surface area (Å²) >= 11 is 11.3. The Morgan fingerprint density at radius 2 is 1.56 bits per heavy atom. The van der Waals surface area contributed by atoms with Crippen LogP contribution in [0.15, 0.2) is 48.5 Å². The van der Waals surface area contributed by atoms with Gasteiger partial charge in [0.1, 0.15) is 0 Å². The Hall–Kier alpha value is -1.83. The van der Waals surface area contributed by atoms with E-state index < -0.39 is 11.7 Å². The van der Waals surface area contributed by atoms with Gasteiger partial charge in [0.2, 0.25) is 0 Å². The van der Waals surface area contributed by atoms with E-state index in [4.69, 9.17) is 23.8 Å². The van der Waals surface area contributed by atoms with Gasteiger partial charge in [0.15, 0.2) is 5.11 Å². The van der Waals surface area contributed by atoms with Crippen molar-refractivity contribution in [1.29, 1.82) is 0 Å². The maximum Gasteiger partial charge on any atom is 0.416 e. The molecule has 1 N–H and O–H groups in total. The summed E-state index contributed by atoms with van der Waals surface area (Å²) in [7, 11) is 0. The normalized spacial score (nSPS) is 15.6. The first-order chi connectivity index (χ1) is 12.8. The van der Waals surface area contributed by atoms with Crippen LogP contribution in [0, 0.1) is 0 Å². The summed E-state index contributed by atoms with van der Waals surface area (Å²) in [5.41, 5.74) is 1.14. The summed E-state index contributed by atoms with van der Waals surface area (Å²) in [4.78, 5) is 4.30. The van der Waals surface area contributed by atoms with Crippen LogP contribution in [0.25, 0.3) is 0 Å². The number of halogens is 4. The van der Waals surface area contributed by atoms with Crippen molar-refractivity contribution in [2.24, 2.45) is 0 Å². The molecule has 0 unspecified atom stereocenters. The highest BCUT2D eigenvalue weighted by Crippen LogP contribution is 2.29. The van der Waals surface area contributed by atoms with E-state index >= 15 is 0 Å². The summed E-state index contributed by atoms with van der Waals surface area (Å²) < 4.78 is 37.9. The van der Waals surface area contributed by atoms with E-state index in [9.17, 15) is 13.2 Å². The quantitative estimate of drug-likeness (QED) is 0.723. The number of alkyl halides is 3. The van der Waals surface area contributed by atoms with Crippen LogP contribution in [0.4, 0.5) is 18.9 Å². The minimum atomic E-state index is -4.29. The van der Waals surface area contributed by atoms with Gasteiger partial charge in [0.05, 0.1) is 5.56 Å². The zero-order valence-corrected chi connectivity index (χ0v) is 16.0. The van der Waals surface area contributed by atoms with Gasteiger partial charge in [-0.3, -0.25) is 4.90 Å². The first kappa shape index (κ1) is 19.9. The molecule has 0 saturated carbocycles. The molecule has 3 rings (SSSR count). The van der Waals surface area contributed by atoms with Gasteiger partial charge < -0.3 is 10.2 Å². The molecule has 0 aliphatic carbocycles. The lowest BCUT2D eigenvalue weighted by molar-refractivity contribution is -0.137. The SMILES string of the molecule is FC(F)(F)c1ccc(CN2CCN(C(=S)Nc3ccc(Cl)cc3)CC2)cc1. The number of hydrogen-bond donors (Lipinski definition) is 1. The van der Waals surface area contributed by atoms with E-state index in [1.165, 1.54) is 0 Å². The van der Waals surface area contributed by atoms with Crippen LogP contribution < -0.4 is 5.32 Å². The fraction of sp³-hybridized carbons (Fsp3) is 0.316. The minimum Gasteiger partial charge on any atom is -0.346 e. The van der Waals surface area contributed by atoms with E-state index in [1.54, 1.807) is 24.3 Å². The Labute approximate surface area is 166 Å². The highest BCUT2D eigenvalue weighted by molar-refractivity contribution is 7.80. The number of piperazine rings is 1. The lowest BCUT2D eigenvalue weighted by Gasteiger charge is -2.36. The number of nitrogens with zero attached hydrogens (tertiary/aromatic N) is 2. The van der Waals surface area contributed by atoms with Crippen LogP contribution in [0.5, 0.6) is 0 Å². The van der Waals surface area contributed by atoms with Crippen molar-refractivity contribution in [2.45, 2.75) is 12.7 Å². The monoisotopic (exact) mass is 413 g/mol. The average Bonchev–Trinajstić information content (AvgIpc) is 2.64. The molecular weight excluding hydrogens is 395 g/mol. The second kappa shape index (κ2) is 8.46. The van der Waals surface area contributed by atoms with E-state index in [0.717, 1.165) is 49.6 Å². The van der Waals surface area contributed by atoms with Crippen molar-refractivity contribution < 1.29 is 13.2 Å². The molecule has 27 heavy (non-hydrogen) atoms. The third kappa shape index (κ3) is 5.57. The highest BCUT2D eigenvalue weighted by Gasteiger charge is 2.30. The molecule has 3 nitrogen and oxygen atoms in total. The first-order valence-corrected chi connectivity index (χ1v) is 9.30. The zero-order chi connectivity index (χ0) is 19.4. The van der Waals surface area contributed by atoms with Crippen molar-refractivity contribution in [2.75, 3.05) is 31.5 Å². The second-order valence-corrected chi connectivity index (χ2v) is 7.22. The summed E-state index contributed by atoms with van der Waals surface area (Å²) in [5.74, 6) is 0. The molecule has 1 aliphatic rings. The van der Waals surface area contributed by atoms with Crippen molar-refractivity contribution in [1.82, 2.24) is 9.80 Å². The van der Waals surface area contributed by atoms with Gasteiger partial charge >= 0.3 is 6.18 Å². The van der Waals surface area contributed by atoms with Gasteiger partial charge in [0, 0.05) is 43.4 Å². The Bertz CT molecular complexity index is 770. The maximum absolute atomic E-state index is 12.6. The first-order valence-electron chi connectivity index (χ1n) is 8.51. The molecule has 1 saturated heterocycles. The fourth-order valence-corrected chi connectivity index (χ4v) is 3.33. The lowest BCUT2D eigenvalue weighted by Crippen LogP contribution is -2.49. The van der Waals surface area contributed by atoms with Crippen molar-refractivity contribution in [3.63, 3.8) is 0 Å². The minimum absolute atomic E-state index is 0.616. The molecule has 144 valence electrons. The number of thiocarbonyl (C=S) groups is 1. The van der Waals surface area contributed by atoms with Crippen LogP contribution >= 0.6 is 23.8 Å². The third-order valence-corrected chi connectivity index (χ3v) is 5.05. The van der Waals surface area contributed by atoms with Crippen molar-refractivity contribution in [3.05, 3.63) is 64.7 Å². The molecule has 0 bridgehead atoms. The number of nitrogens with one attached hydrogen (secondary N) is 1. The van der Waals surface area contributed by atoms with Crippen LogP contribution in [-0.2, 0) is 12.7 Å². The summed E-state index contributed by atoms with van der Waals surface area (Å²) in [6, 6.07) is 12.7. The zero-order valence-electron chi connectivity index (χ0n) is 14.5. The molecule has 2 aromatic carbocycles. The second-order valence-electron chi connectivity index (χ2n) is 6.39. The molecule has 1 aliphatic heterocycles. The molecule has 0 radical (unpaired) electrons. The molecule has 8 heteroatoms. The Morgan fingerprint density at radius 3 is 2.11 bits per heavy atom. The molecule has 0 spiro atoms. The number of benzene rings is 2. The summed E-state index contributed by atoms with van der Waals surface area (Å²) in [6.45, 7) is 3.75. The van der Waals surface area contributed by atoms with E-state index in [1.807, 2.05) is 12.1 Å². The topological polar surface area (TPSA) is 18.5 Å². The van der Waals surface area contributed by atoms with Crippen molar-refractivity contribution in [3.8, 4) is 0 Å².